The molecule has 2 N–H and O–H groups in total. The Kier molecular flexibility index (Phi) is 5.81. The van der Waals surface area contributed by atoms with Crippen molar-refractivity contribution in [2.24, 2.45) is 7.05 Å². The van der Waals surface area contributed by atoms with Gasteiger partial charge in [-0.25, -0.2) is 0 Å². The van der Waals surface area contributed by atoms with E-state index in [1.807, 2.05) is 36.7 Å². The fraction of sp³-hybridized carbons (Fsp3) is 0.250. The first-order chi connectivity index (χ1) is 13.0. The van der Waals surface area contributed by atoms with E-state index in [1.165, 1.54) is 11.8 Å². The maximum atomic E-state index is 12.4. The van der Waals surface area contributed by atoms with Crippen molar-refractivity contribution in [1.82, 2.24) is 14.8 Å². The van der Waals surface area contributed by atoms with Crippen molar-refractivity contribution in [2.75, 3.05) is 11.1 Å². The van der Waals surface area contributed by atoms with Crippen LogP contribution in [0.3, 0.4) is 0 Å². The molecule has 1 aromatic heterocycles. The first kappa shape index (κ1) is 19.0. The third-order valence-electron chi connectivity index (χ3n) is 4.30. The van der Waals surface area contributed by atoms with E-state index in [2.05, 4.69) is 22.4 Å². The summed E-state index contributed by atoms with van der Waals surface area (Å²) in [4.78, 5) is 12.4. The monoisotopic (exact) mass is 382 g/mol. The van der Waals surface area contributed by atoms with Gasteiger partial charge in [-0.3, -0.25) is 4.79 Å². The van der Waals surface area contributed by atoms with Crippen LogP contribution in [0.5, 0.6) is 5.75 Å². The standard InChI is InChI=1S/C20H22N4O2S/c1-4-14-7-5-6-13(2)18(14)21-17(26)12-27-20-23-22-19(24(20)3)15-8-10-16(25)11-9-15/h5-11,25H,4,12H2,1-3H3,(H,21,26). The number of phenols is 1. The van der Waals surface area contributed by atoms with Crippen LogP contribution in [0, 0.1) is 6.92 Å². The molecule has 7 heteroatoms. The maximum Gasteiger partial charge on any atom is 0.234 e. The number of carbonyl (C=O) groups excluding carboxylic acids is 1. The largest absolute Gasteiger partial charge is 0.508 e. The summed E-state index contributed by atoms with van der Waals surface area (Å²) in [6, 6.07) is 12.8. The molecule has 3 aromatic rings. The van der Waals surface area contributed by atoms with Gasteiger partial charge in [0.25, 0.3) is 0 Å². The van der Waals surface area contributed by atoms with Gasteiger partial charge in [-0.2, -0.15) is 0 Å². The van der Waals surface area contributed by atoms with E-state index in [0.717, 1.165) is 28.8 Å². The van der Waals surface area contributed by atoms with E-state index >= 15 is 0 Å². The van der Waals surface area contributed by atoms with Crippen molar-refractivity contribution >= 4 is 23.4 Å². The highest BCUT2D eigenvalue weighted by atomic mass is 32.2. The van der Waals surface area contributed by atoms with Crippen LogP contribution in [0.1, 0.15) is 18.1 Å². The van der Waals surface area contributed by atoms with Crippen molar-refractivity contribution in [2.45, 2.75) is 25.4 Å². The van der Waals surface area contributed by atoms with Crippen LogP contribution in [0.2, 0.25) is 0 Å². The Labute approximate surface area is 162 Å². The molecule has 0 fully saturated rings. The Morgan fingerprint density at radius 3 is 2.63 bits per heavy atom. The number of aromatic hydroxyl groups is 1. The molecule has 6 nitrogen and oxygen atoms in total. The van der Waals surface area contributed by atoms with Gasteiger partial charge in [0, 0.05) is 18.3 Å². The summed E-state index contributed by atoms with van der Waals surface area (Å²) in [5.41, 5.74) is 3.93. The molecule has 0 aliphatic heterocycles. The van der Waals surface area contributed by atoms with Crippen molar-refractivity contribution in [3.05, 3.63) is 53.6 Å². The highest BCUT2D eigenvalue weighted by Crippen LogP contribution is 2.25. The molecule has 27 heavy (non-hydrogen) atoms. The number of aryl methyl sites for hydroxylation is 2. The first-order valence-electron chi connectivity index (χ1n) is 8.69. The predicted molar refractivity (Wildman–Crippen MR) is 108 cm³/mol. The molecule has 0 aliphatic carbocycles. The van der Waals surface area contributed by atoms with Crippen LogP contribution in [0.15, 0.2) is 47.6 Å². The van der Waals surface area contributed by atoms with Gasteiger partial charge < -0.3 is 15.0 Å². The van der Waals surface area contributed by atoms with Crippen LogP contribution in [0.25, 0.3) is 11.4 Å². The minimum atomic E-state index is -0.0711. The molecule has 0 spiro atoms. The molecule has 0 saturated carbocycles. The number of para-hydroxylation sites is 1. The Hall–Kier alpha value is -2.80. The van der Waals surface area contributed by atoms with E-state index in [0.29, 0.717) is 11.0 Å². The second-order valence-corrected chi connectivity index (χ2v) is 7.15. The number of aromatic nitrogens is 3. The Morgan fingerprint density at radius 2 is 1.93 bits per heavy atom. The molecule has 0 atom stereocenters. The lowest BCUT2D eigenvalue weighted by Crippen LogP contribution is -2.16. The predicted octanol–water partition coefficient (Wildman–Crippen LogP) is 3.79. The fourth-order valence-corrected chi connectivity index (χ4v) is 3.52. The van der Waals surface area contributed by atoms with Crippen LogP contribution in [0.4, 0.5) is 5.69 Å². The minimum Gasteiger partial charge on any atom is -0.508 e. The van der Waals surface area contributed by atoms with Crippen LogP contribution >= 0.6 is 11.8 Å². The molecule has 1 heterocycles. The number of hydrogen-bond acceptors (Lipinski definition) is 5. The number of anilines is 1. The van der Waals surface area contributed by atoms with Crippen LogP contribution < -0.4 is 5.32 Å². The zero-order valence-electron chi connectivity index (χ0n) is 15.6. The molecule has 0 saturated heterocycles. The summed E-state index contributed by atoms with van der Waals surface area (Å²) in [7, 11) is 1.86. The van der Waals surface area contributed by atoms with Gasteiger partial charge in [-0.1, -0.05) is 36.9 Å². The summed E-state index contributed by atoms with van der Waals surface area (Å²) >= 11 is 1.34. The summed E-state index contributed by atoms with van der Waals surface area (Å²) in [5, 5.41) is 21.5. The number of carbonyl (C=O) groups is 1. The number of hydrogen-bond donors (Lipinski definition) is 2. The van der Waals surface area contributed by atoms with Gasteiger partial charge in [-0.15, -0.1) is 10.2 Å². The van der Waals surface area contributed by atoms with Crippen molar-refractivity contribution in [3.63, 3.8) is 0 Å². The lowest BCUT2D eigenvalue weighted by Gasteiger charge is -2.12. The Morgan fingerprint density at radius 1 is 1.19 bits per heavy atom. The second kappa shape index (κ2) is 8.26. The normalized spacial score (nSPS) is 10.8. The topological polar surface area (TPSA) is 80.0 Å². The molecule has 3 rings (SSSR count). The number of phenolic OH excluding ortho intramolecular Hbond substituents is 1. The SMILES string of the molecule is CCc1cccc(C)c1NC(=O)CSc1nnc(-c2ccc(O)cc2)n1C. The third kappa shape index (κ3) is 4.31. The number of nitrogens with one attached hydrogen (secondary N) is 1. The Balaban J connectivity index is 1.67. The smallest absolute Gasteiger partial charge is 0.234 e. The molecule has 1 amide bonds. The number of nitrogens with zero attached hydrogens (tertiary/aromatic N) is 3. The zero-order valence-corrected chi connectivity index (χ0v) is 16.4. The van der Waals surface area contributed by atoms with Gasteiger partial charge >= 0.3 is 0 Å². The van der Waals surface area contributed by atoms with E-state index in [4.69, 9.17) is 0 Å². The average molecular weight is 382 g/mol. The molecule has 0 aliphatic rings. The van der Waals surface area contributed by atoms with E-state index in [-0.39, 0.29) is 17.4 Å². The number of benzene rings is 2. The molecule has 0 bridgehead atoms. The number of thioether (sulfide) groups is 1. The van der Waals surface area contributed by atoms with E-state index in [1.54, 1.807) is 24.3 Å². The summed E-state index contributed by atoms with van der Waals surface area (Å²) < 4.78 is 1.84. The molecule has 0 unspecified atom stereocenters. The molecule has 140 valence electrons. The van der Waals surface area contributed by atoms with Gasteiger partial charge in [0.1, 0.15) is 5.75 Å². The lowest BCUT2D eigenvalue weighted by molar-refractivity contribution is -0.113. The third-order valence-corrected chi connectivity index (χ3v) is 5.32. The Bertz CT molecular complexity index is 951. The van der Waals surface area contributed by atoms with Crippen molar-refractivity contribution in [1.29, 1.82) is 0 Å². The fourth-order valence-electron chi connectivity index (χ4n) is 2.81. The number of rotatable bonds is 6. The highest BCUT2D eigenvalue weighted by molar-refractivity contribution is 7.99. The first-order valence-corrected chi connectivity index (χ1v) is 9.68. The number of amides is 1. The van der Waals surface area contributed by atoms with Gasteiger partial charge in [0.15, 0.2) is 11.0 Å². The summed E-state index contributed by atoms with van der Waals surface area (Å²) in [5.74, 6) is 1.07. The quantitative estimate of drug-likeness (QED) is 0.634. The zero-order chi connectivity index (χ0) is 19.4. The van der Waals surface area contributed by atoms with E-state index in [9.17, 15) is 9.90 Å². The molecule has 2 aromatic carbocycles. The van der Waals surface area contributed by atoms with Gasteiger partial charge in [0.2, 0.25) is 5.91 Å². The van der Waals surface area contributed by atoms with E-state index < -0.39 is 0 Å². The lowest BCUT2D eigenvalue weighted by atomic mass is 10.1. The second-order valence-electron chi connectivity index (χ2n) is 6.21. The molecular weight excluding hydrogens is 360 g/mol. The van der Waals surface area contributed by atoms with Crippen LogP contribution in [-0.4, -0.2) is 31.5 Å². The minimum absolute atomic E-state index is 0.0711. The highest BCUT2D eigenvalue weighted by Gasteiger charge is 2.14. The summed E-state index contributed by atoms with van der Waals surface area (Å²) in [6.07, 6.45) is 0.865. The molecular formula is C20H22N4O2S. The summed E-state index contributed by atoms with van der Waals surface area (Å²) in [6.45, 7) is 4.07. The molecule has 0 radical (unpaired) electrons. The average Bonchev–Trinajstić information content (AvgIpc) is 3.03. The van der Waals surface area contributed by atoms with Crippen molar-refractivity contribution < 1.29 is 9.90 Å². The van der Waals surface area contributed by atoms with Crippen LogP contribution in [-0.2, 0) is 18.3 Å². The van der Waals surface area contributed by atoms with Gasteiger partial charge in [0.05, 0.1) is 5.75 Å². The van der Waals surface area contributed by atoms with Crippen molar-refractivity contribution in [3.8, 4) is 17.1 Å². The maximum absolute atomic E-state index is 12.4. The van der Waals surface area contributed by atoms with Gasteiger partial charge in [-0.05, 0) is 48.7 Å².